The van der Waals surface area contributed by atoms with E-state index in [1.165, 1.54) is 4.70 Å². The molecule has 0 aliphatic heterocycles. The minimum atomic E-state index is 0.594. The molecule has 3 rings (SSSR count). The molecule has 0 fully saturated rings. The van der Waals surface area contributed by atoms with Crippen molar-refractivity contribution < 1.29 is 4.42 Å². The molecule has 0 bridgehead atoms. The number of fused-ring (bicyclic) bond motifs is 1. The number of aromatic nitrogens is 2. The lowest BCUT2D eigenvalue weighted by atomic mass is 10.2. The predicted octanol–water partition coefficient (Wildman–Crippen LogP) is 4.12. The lowest BCUT2D eigenvalue weighted by molar-refractivity contribution is 0.503. The summed E-state index contributed by atoms with van der Waals surface area (Å²) in [6.45, 7) is 0. The minimum absolute atomic E-state index is 0.594. The number of halogens is 1. The van der Waals surface area contributed by atoms with Gasteiger partial charge in [-0.3, -0.25) is 0 Å². The molecule has 0 saturated heterocycles. The van der Waals surface area contributed by atoms with Crippen molar-refractivity contribution >= 4 is 33.0 Å². The Morgan fingerprint density at radius 1 is 1.22 bits per heavy atom. The van der Waals surface area contributed by atoms with Gasteiger partial charge in [-0.2, -0.15) is 0 Å². The van der Waals surface area contributed by atoms with E-state index in [9.17, 15) is 0 Å². The van der Waals surface area contributed by atoms with Crippen molar-refractivity contribution in [3.63, 3.8) is 0 Å². The van der Waals surface area contributed by atoms with E-state index in [4.69, 9.17) is 16.0 Å². The summed E-state index contributed by atoms with van der Waals surface area (Å²) >= 11 is 7.33. The van der Waals surface area contributed by atoms with Crippen LogP contribution in [-0.4, -0.2) is 16.1 Å². The van der Waals surface area contributed by atoms with Gasteiger partial charge in [-0.1, -0.05) is 18.2 Å². The maximum absolute atomic E-state index is 5.66. The van der Waals surface area contributed by atoms with E-state index >= 15 is 0 Å². The summed E-state index contributed by atoms with van der Waals surface area (Å²) in [4.78, 5) is 0. The first-order valence-electron chi connectivity index (χ1n) is 5.73. The summed E-state index contributed by atoms with van der Waals surface area (Å²) in [5.74, 6) is 1.86. The number of hydrogen-bond donors (Lipinski definition) is 0. The average Bonchev–Trinajstić information content (AvgIpc) is 3.02. The Balaban J connectivity index is 1.96. The molecule has 0 N–H and O–H groups in total. The fourth-order valence-electron chi connectivity index (χ4n) is 1.82. The van der Waals surface area contributed by atoms with Crippen molar-refractivity contribution in [2.45, 2.75) is 12.8 Å². The molecule has 2 heterocycles. The third-order valence-electron chi connectivity index (χ3n) is 2.70. The molecule has 92 valence electrons. The van der Waals surface area contributed by atoms with Crippen molar-refractivity contribution in [2.24, 2.45) is 0 Å². The highest BCUT2D eigenvalue weighted by Gasteiger charge is 2.12. The maximum Gasteiger partial charge on any atom is 0.249 e. The van der Waals surface area contributed by atoms with E-state index in [0.717, 1.165) is 23.8 Å². The van der Waals surface area contributed by atoms with Gasteiger partial charge in [0.25, 0.3) is 0 Å². The topological polar surface area (TPSA) is 38.9 Å². The summed E-state index contributed by atoms with van der Waals surface area (Å²) in [5, 5.41) is 11.4. The molecule has 5 heteroatoms. The van der Waals surface area contributed by atoms with Crippen LogP contribution in [0.4, 0.5) is 0 Å². The highest BCUT2D eigenvalue weighted by molar-refractivity contribution is 7.17. The fourth-order valence-corrected chi connectivity index (χ4v) is 2.89. The maximum atomic E-state index is 5.66. The van der Waals surface area contributed by atoms with Crippen LogP contribution in [0, 0.1) is 0 Å². The molecule has 3 aromatic rings. The summed E-state index contributed by atoms with van der Waals surface area (Å²) in [6.07, 6.45) is 1.59. The van der Waals surface area contributed by atoms with Gasteiger partial charge in [0.2, 0.25) is 11.8 Å². The minimum Gasteiger partial charge on any atom is -0.421 e. The Bertz CT molecular complexity index is 662. The van der Waals surface area contributed by atoms with E-state index in [-0.39, 0.29) is 0 Å². The molecule has 0 amide bonds. The summed E-state index contributed by atoms with van der Waals surface area (Å²) in [7, 11) is 0. The van der Waals surface area contributed by atoms with Crippen molar-refractivity contribution in [3.05, 3.63) is 35.5 Å². The van der Waals surface area contributed by atoms with Crippen molar-refractivity contribution in [2.75, 3.05) is 5.88 Å². The monoisotopic (exact) mass is 278 g/mol. The smallest absolute Gasteiger partial charge is 0.249 e. The Morgan fingerprint density at radius 3 is 3.00 bits per heavy atom. The molecule has 0 radical (unpaired) electrons. The van der Waals surface area contributed by atoms with Gasteiger partial charge in [0.15, 0.2) is 0 Å². The number of nitrogens with zero attached hydrogens (tertiary/aromatic N) is 2. The Kier molecular flexibility index (Phi) is 3.30. The molecule has 1 aromatic carbocycles. The predicted molar refractivity (Wildman–Crippen MR) is 74.2 cm³/mol. The first-order chi connectivity index (χ1) is 8.88. The molecule has 0 unspecified atom stereocenters. The molecule has 0 aliphatic carbocycles. The van der Waals surface area contributed by atoms with Crippen LogP contribution in [-0.2, 0) is 6.42 Å². The first-order valence-corrected chi connectivity index (χ1v) is 7.15. The number of alkyl halides is 1. The third kappa shape index (κ3) is 2.13. The van der Waals surface area contributed by atoms with Crippen LogP contribution in [0.1, 0.15) is 12.3 Å². The second kappa shape index (κ2) is 5.08. The largest absolute Gasteiger partial charge is 0.421 e. The summed E-state index contributed by atoms with van der Waals surface area (Å²) in [5.41, 5.74) is 1.01. The number of aryl methyl sites for hydroxylation is 1. The zero-order chi connectivity index (χ0) is 12.4. The second-order valence-corrected chi connectivity index (χ2v) is 5.23. The van der Waals surface area contributed by atoms with Crippen LogP contribution in [0.25, 0.3) is 21.5 Å². The summed E-state index contributed by atoms with van der Waals surface area (Å²) in [6, 6.07) is 8.21. The third-order valence-corrected chi connectivity index (χ3v) is 3.93. The van der Waals surface area contributed by atoms with Crippen molar-refractivity contribution in [1.82, 2.24) is 10.2 Å². The Labute approximate surface area is 113 Å². The van der Waals surface area contributed by atoms with E-state index in [1.54, 1.807) is 11.3 Å². The van der Waals surface area contributed by atoms with E-state index in [1.807, 2.05) is 12.1 Å². The lowest BCUT2D eigenvalue weighted by Crippen LogP contribution is -1.85. The second-order valence-electron chi connectivity index (χ2n) is 3.94. The van der Waals surface area contributed by atoms with Gasteiger partial charge < -0.3 is 4.42 Å². The van der Waals surface area contributed by atoms with Gasteiger partial charge in [-0.05, 0) is 12.5 Å². The molecule has 0 saturated carbocycles. The van der Waals surface area contributed by atoms with Crippen LogP contribution in [0.3, 0.4) is 0 Å². The molecule has 0 spiro atoms. The van der Waals surface area contributed by atoms with Gasteiger partial charge in [0.05, 0.1) is 5.56 Å². The van der Waals surface area contributed by atoms with Crippen LogP contribution in [0.5, 0.6) is 0 Å². The molecule has 18 heavy (non-hydrogen) atoms. The molecular formula is C13H11ClN2OS. The van der Waals surface area contributed by atoms with Crippen molar-refractivity contribution in [1.29, 1.82) is 0 Å². The quantitative estimate of drug-likeness (QED) is 0.674. The normalized spacial score (nSPS) is 11.2. The fraction of sp³-hybridized carbons (Fsp3) is 0.231. The number of benzene rings is 1. The van der Waals surface area contributed by atoms with Crippen LogP contribution >= 0.6 is 22.9 Å². The summed E-state index contributed by atoms with van der Waals surface area (Å²) < 4.78 is 6.89. The highest BCUT2D eigenvalue weighted by atomic mass is 35.5. The first kappa shape index (κ1) is 11.7. The Hall–Kier alpha value is -1.39. The van der Waals surface area contributed by atoms with Crippen molar-refractivity contribution in [3.8, 4) is 11.5 Å². The molecule has 0 atom stereocenters. The van der Waals surface area contributed by atoms with Gasteiger partial charge in [-0.25, -0.2) is 0 Å². The number of hydrogen-bond acceptors (Lipinski definition) is 4. The van der Waals surface area contributed by atoms with Crippen LogP contribution in [0.15, 0.2) is 34.1 Å². The SMILES string of the molecule is ClCCCc1nnc(-c2csc3ccccc23)o1. The zero-order valence-corrected chi connectivity index (χ0v) is 11.2. The Morgan fingerprint density at radius 2 is 2.11 bits per heavy atom. The van der Waals surface area contributed by atoms with Gasteiger partial charge in [0, 0.05) is 27.8 Å². The highest BCUT2D eigenvalue weighted by Crippen LogP contribution is 2.32. The zero-order valence-electron chi connectivity index (χ0n) is 9.60. The van der Waals surface area contributed by atoms with E-state index < -0.39 is 0 Å². The van der Waals surface area contributed by atoms with Gasteiger partial charge in [-0.15, -0.1) is 33.1 Å². The molecule has 2 aromatic heterocycles. The molecular weight excluding hydrogens is 268 g/mol. The standard InChI is InChI=1S/C13H11ClN2OS/c14-7-3-6-12-15-16-13(17-12)10-8-18-11-5-2-1-4-9(10)11/h1-2,4-5,8H,3,6-7H2. The van der Waals surface area contributed by atoms with Gasteiger partial charge >= 0.3 is 0 Å². The molecule has 0 aliphatic rings. The number of rotatable bonds is 4. The average molecular weight is 279 g/mol. The van der Waals surface area contributed by atoms with E-state index in [0.29, 0.717) is 17.7 Å². The molecule has 3 nitrogen and oxygen atoms in total. The van der Waals surface area contributed by atoms with E-state index in [2.05, 4.69) is 27.7 Å². The van der Waals surface area contributed by atoms with Crippen LogP contribution < -0.4 is 0 Å². The lowest BCUT2D eigenvalue weighted by Gasteiger charge is -1.92. The van der Waals surface area contributed by atoms with Gasteiger partial charge in [0.1, 0.15) is 0 Å². The number of thiophene rings is 1. The van der Waals surface area contributed by atoms with Crippen LogP contribution in [0.2, 0.25) is 0 Å².